The van der Waals surface area contributed by atoms with Crippen LogP contribution in [-0.4, -0.2) is 35.7 Å². The minimum absolute atomic E-state index is 0.000147. The zero-order valence-corrected chi connectivity index (χ0v) is 11.5. The first-order chi connectivity index (χ1) is 8.92. The van der Waals surface area contributed by atoms with Gasteiger partial charge in [-0.3, -0.25) is 0 Å². The van der Waals surface area contributed by atoms with Gasteiger partial charge in [0.1, 0.15) is 11.9 Å². The molecule has 0 saturated heterocycles. The lowest BCUT2D eigenvalue weighted by Crippen LogP contribution is -2.23. The normalized spacial score (nSPS) is 12.3. The van der Waals surface area contributed by atoms with Gasteiger partial charge >= 0.3 is 11.9 Å². The van der Waals surface area contributed by atoms with Gasteiger partial charge in [0.05, 0.1) is 20.5 Å². The van der Waals surface area contributed by atoms with Crippen molar-refractivity contribution >= 4 is 17.8 Å². The second-order valence-electron chi connectivity index (χ2n) is 4.55. The monoisotopic (exact) mass is 269 g/mol. The maximum atomic E-state index is 11.8. The van der Waals surface area contributed by atoms with Crippen LogP contribution in [0.5, 0.6) is 0 Å². The van der Waals surface area contributed by atoms with Gasteiger partial charge in [0.25, 0.3) is 0 Å². The number of esters is 2. The number of ether oxygens (including phenoxy) is 2. The van der Waals surface area contributed by atoms with E-state index in [4.69, 9.17) is 10.5 Å². The largest absolute Gasteiger partial charge is 0.467 e. The van der Waals surface area contributed by atoms with E-state index in [2.05, 4.69) is 9.72 Å². The zero-order valence-electron chi connectivity index (χ0n) is 11.5. The Hall–Kier alpha value is -2.05. The van der Waals surface area contributed by atoms with E-state index in [0.29, 0.717) is 6.42 Å². The first-order valence-electron chi connectivity index (χ1n) is 5.90. The van der Waals surface area contributed by atoms with Crippen LogP contribution in [0.3, 0.4) is 0 Å². The second kappa shape index (κ2) is 6.21. The molecule has 7 heteroatoms. The Balaban J connectivity index is 3.13. The fraction of sp³-hybridized carbons (Fsp3) is 0.583. The summed E-state index contributed by atoms with van der Waals surface area (Å²) < 4.78 is 10.8. The highest BCUT2D eigenvalue weighted by Gasteiger charge is 2.27. The van der Waals surface area contributed by atoms with Gasteiger partial charge in [-0.25, -0.2) is 14.6 Å². The number of carbonyl (C=O) groups excluding carboxylic acids is 2. The number of rotatable bonds is 5. The molecule has 1 rings (SSSR count). The highest BCUT2D eigenvalue weighted by atomic mass is 16.5. The number of imidazole rings is 1. The van der Waals surface area contributed by atoms with Crippen molar-refractivity contribution in [3.8, 4) is 0 Å². The van der Waals surface area contributed by atoms with Crippen LogP contribution in [0.2, 0.25) is 0 Å². The summed E-state index contributed by atoms with van der Waals surface area (Å²) in [4.78, 5) is 27.1. The molecule has 7 nitrogen and oxygen atoms in total. The van der Waals surface area contributed by atoms with Gasteiger partial charge in [-0.15, -0.1) is 0 Å². The van der Waals surface area contributed by atoms with E-state index in [-0.39, 0.29) is 17.4 Å². The van der Waals surface area contributed by atoms with Gasteiger partial charge in [-0.2, -0.15) is 0 Å². The van der Waals surface area contributed by atoms with Gasteiger partial charge in [0.15, 0.2) is 5.69 Å². The maximum absolute atomic E-state index is 11.8. The average Bonchev–Trinajstić information content (AvgIpc) is 2.75. The van der Waals surface area contributed by atoms with E-state index >= 15 is 0 Å². The van der Waals surface area contributed by atoms with E-state index in [1.165, 1.54) is 25.1 Å². The number of methoxy groups -OCH3 is 2. The summed E-state index contributed by atoms with van der Waals surface area (Å²) in [5, 5.41) is 0. The highest BCUT2D eigenvalue weighted by Crippen LogP contribution is 2.24. The lowest BCUT2D eigenvalue weighted by atomic mass is 10.0. The lowest BCUT2D eigenvalue weighted by molar-refractivity contribution is -0.145. The molecule has 1 aromatic heterocycles. The van der Waals surface area contributed by atoms with Crippen molar-refractivity contribution < 1.29 is 19.1 Å². The molecule has 1 heterocycles. The Morgan fingerprint density at radius 1 is 1.37 bits per heavy atom. The van der Waals surface area contributed by atoms with E-state index in [1.54, 1.807) is 0 Å². The van der Waals surface area contributed by atoms with Crippen molar-refractivity contribution in [2.24, 2.45) is 5.92 Å². The predicted molar refractivity (Wildman–Crippen MR) is 68.5 cm³/mol. The quantitative estimate of drug-likeness (QED) is 0.801. The minimum Gasteiger partial charge on any atom is -0.467 e. The molecule has 0 fully saturated rings. The Morgan fingerprint density at radius 2 is 2.00 bits per heavy atom. The summed E-state index contributed by atoms with van der Waals surface area (Å²) >= 11 is 0. The van der Waals surface area contributed by atoms with Gasteiger partial charge in [0.2, 0.25) is 0 Å². The van der Waals surface area contributed by atoms with Crippen molar-refractivity contribution in [2.75, 3.05) is 20.0 Å². The van der Waals surface area contributed by atoms with E-state index < -0.39 is 18.0 Å². The number of anilines is 1. The number of nitrogens with zero attached hydrogens (tertiary/aromatic N) is 2. The smallest absolute Gasteiger partial charge is 0.360 e. The molecule has 0 aliphatic rings. The van der Waals surface area contributed by atoms with Crippen molar-refractivity contribution in [1.29, 1.82) is 0 Å². The van der Waals surface area contributed by atoms with Gasteiger partial charge in [-0.05, 0) is 12.3 Å². The molecule has 0 radical (unpaired) electrons. The van der Waals surface area contributed by atoms with Crippen molar-refractivity contribution in [2.45, 2.75) is 26.3 Å². The number of hydrogen-bond acceptors (Lipinski definition) is 6. The third-order valence-corrected chi connectivity index (χ3v) is 2.71. The van der Waals surface area contributed by atoms with Crippen LogP contribution in [0.25, 0.3) is 0 Å². The number of nitrogens with two attached hydrogens (primary N) is 1. The fourth-order valence-corrected chi connectivity index (χ4v) is 1.78. The molecule has 106 valence electrons. The van der Waals surface area contributed by atoms with Crippen molar-refractivity contribution in [3.05, 3.63) is 12.0 Å². The Labute approximate surface area is 111 Å². The molecule has 1 unspecified atom stereocenters. The zero-order chi connectivity index (χ0) is 14.6. The van der Waals surface area contributed by atoms with Crippen LogP contribution >= 0.6 is 0 Å². The van der Waals surface area contributed by atoms with Gasteiger partial charge in [0, 0.05) is 0 Å². The molecular formula is C12H19N3O4. The van der Waals surface area contributed by atoms with Crippen LogP contribution in [-0.2, 0) is 14.3 Å². The lowest BCUT2D eigenvalue weighted by Gasteiger charge is -2.19. The summed E-state index contributed by atoms with van der Waals surface area (Å²) in [7, 11) is 2.55. The standard InChI is InChI=1S/C12H19N3O4/c1-7(2)5-8(11(16)18-3)15-6-14-9(10(15)13)12(17)19-4/h6-8H,5,13H2,1-4H3. The Kier molecular flexibility index (Phi) is 4.91. The molecule has 0 bridgehead atoms. The maximum Gasteiger partial charge on any atom is 0.360 e. The molecule has 2 N–H and O–H groups in total. The second-order valence-corrected chi connectivity index (χ2v) is 4.55. The third kappa shape index (κ3) is 3.24. The van der Waals surface area contributed by atoms with Gasteiger partial charge in [-0.1, -0.05) is 13.8 Å². The summed E-state index contributed by atoms with van der Waals surface area (Å²) in [5.41, 5.74) is 5.84. The molecule has 0 spiro atoms. The number of hydrogen-bond donors (Lipinski definition) is 1. The molecule has 0 saturated carbocycles. The molecule has 1 atom stereocenters. The topological polar surface area (TPSA) is 96.4 Å². The molecular weight excluding hydrogens is 250 g/mol. The minimum atomic E-state index is -0.635. The Bertz CT molecular complexity index is 468. The van der Waals surface area contributed by atoms with Gasteiger partial charge < -0.3 is 19.8 Å². The van der Waals surface area contributed by atoms with Crippen LogP contribution < -0.4 is 5.73 Å². The van der Waals surface area contributed by atoms with Crippen LogP contribution in [0, 0.1) is 5.92 Å². The summed E-state index contributed by atoms with van der Waals surface area (Å²) in [6.45, 7) is 3.95. The van der Waals surface area contributed by atoms with Crippen LogP contribution in [0.15, 0.2) is 6.33 Å². The highest BCUT2D eigenvalue weighted by molar-refractivity contribution is 5.92. The molecule has 0 aliphatic carbocycles. The first kappa shape index (κ1) is 15.0. The Morgan fingerprint density at radius 3 is 2.47 bits per heavy atom. The first-order valence-corrected chi connectivity index (χ1v) is 5.90. The number of nitrogen functional groups attached to an aromatic ring is 1. The van der Waals surface area contributed by atoms with Crippen LogP contribution in [0.1, 0.15) is 36.8 Å². The number of carbonyl (C=O) groups is 2. The third-order valence-electron chi connectivity index (χ3n) is 2.71. The molecule has 1 aromatic rings. The predicted octanol–water partition coefficient (Wildman–Crippen LogP) is 1.01. The fourth-order valence-electron chi connectivity index (χ4n) is 1.78. The molecule has 0 amide bonds. The van der Waals surface area contributed by atoms with E-state index in [9.17, 15) is 9.59 Å². The summed E-state index contributed by atoms with van der Waals surface area (Å²) in [6.07, 6.45) is 1.89. The van der Waals surface area contributed by atoms with E-state index in [0.717, 1.165) is 0 Å². The van der Waals surface area contributed by atoms with Crippen LogP contribution in [0.4, 0.5) is 5.82 Å². The molecule has 0 aromatic carbocycles. The SMILES string of the molecule is COC(=O)c1ncn(C(CC(C)C)C(=O)OC)c1N. The van der Waals surface area contributed by atoms with Crippen molar-refractivity contribution in [3.63, 3.8) is 0 Å². The van der Waals surface area contributed by atoms with E-state index in [1.807, 2.05) is 13.8 Å². The van der Waals surface area contributed by atoms with Crippen molar-refractivity contribution in [1.82, 2.24) is 9.55 Å². The number of aromatic nitrogens is 2. The molecule has 19 heavy (non-hydrogen) atoms. The summed E-state index contributed by atoms with van der Waals surface area (Å²) in [5.74, 6) is -0.700. The molecule has 0 aliphatic heterocycles. The summed E-state index contributed by atoms with van der Waals surface area (Å²) in [6, 6.07) is -0.601. The average molecular weight is 269 g/mol.